The summed E-state index contributed by atoms with van der Waals surface area (Å²) in [6.45, 7) is 2.64. The Hall–Kier alpha value is -1.55. The fraction of sp³-hybridized carbons (Fsp3) is 0.562. The Morgan fingerprint density at radius 2 is 2.00 bits per heavy atom. The number of nitrogens with zero attached hydrogens (tertiary/aromatic N) is 1. The van der Waals surface area contributed by atoms with Crippen molar-refractivity contribution < 1.29 is 4.79 Å². The van der Waals surface area contributed by atoms with Crippen molar-refractivity contribution in [2.24, 2.45) is 0 Å². The number of nitrogens with two attached hydrogens (primary N) is 1. The Morgan fingerprint density at radius 3 is 2.60 bits per heavy atom. The Balaban J connectivity index is 2.06. The highest BCUT2D eigenvalue weighted by atomic mass is 16.1. The van der Waals surface area contributed by atoms with Crippen LogP contribution in [0.5, 0.6) is 0 Å². The van der Waals surface area contributed by atoms with E-state index in [1.54, 1.807) is 6.07 Å². The van der Waals surface area contributed by atoms with E-state index in [2.05, 4.69) is 24.3 Å². The molecule has 0 bridgehead atoms. The summed E-state index contributed by atoms with van der Waals surface area (Å²) in [6, 6.07) is 5.47. The van der Waals surface area contributed by atoms with Gasteiger partial charge in [0.2, 0.25) is 0 Å². The number of likely N-dealkylation sites (N-methyl/N-ethyl adjacent to an activating group) is 1. The first-order chi connectivity index (χ1) is 9.44. The van der Waals surface area contributed by atoms with Crippen molar-refractivity contribution in [2.75, 3.05) is 26.4 Å². The monoisotopic (exact) mass is 275 g/mol. The molecule has 3 N–H and O–H groups in total. The van der Waals surface area contributed by atoms with Gasteiger partial charge < -0.3 is 16.0 Å². The molecule has 0 saturated heterocycles. The first-order valence-electron chi connectivity index (χ1n) is 7.26. The number of carbonyl (C=O) groups excluding carboxylic acids is 1. The van der Waals surface area contributed by atoms with E-state index in [1.807, 2.05) is 19.1 Å². The van der Waals surface area contributed by atoms with Crippen molar-refractivity contribution in [3.8, 4) is 0 Å². The second-order valence-electron chi connectivity index (χ2n) is 6.08. The van der Waals surface area contributed by atoms with Gasteiger partial charge in [0.05, 0.1) is 0 Å². The van der Waals surface area contributed by atoms with E-state index in [0.29, 0.717) is 17.8 Å². The number of carbonyl (C=O) groups is 1. The van der Waals surface area contributed by atoms with Gasteiger partial charge in [-0.15, -0.1) is 0 Å². The molecule has 1 saturated carbocycles. The van der Waals surface area contributed by atoms with Gasteiger partial charge in [0, 0.05) is 23.3 Å². The van der Waals surface area contributed by atoms with E-state index >= 15 is 0 Å². The first-order valence-corrected chi connectivity index (χ1v) is 7.26. The Labute approximate surface area is 121 Å². The Morgan fingerprint density at radius 1 is 1.35 bits per heavy atom. The van der Waals surface area contributed by atoms with Gasteiger partial charge >= 0.3 is 0 Å². The average molecular weight is 275 g/mol. The van der Waals surface area contributed by atoms with Gasteiger partial charge in [-0.25, -0.2) is 0 Å². The fourth-order valence-corrected chi connectivity index (χ4v) is 3.04. The molecule has 2 rings (SSSR count). The Kier molecular flexibility index (Phi) is 4.33. The molecule has 1 fully saturated rings. The van der Waals surface area contributed by atoms with Gasteiger partial charge in [-0.3, -0.25) is 4.79 Å². The number of rotatable bonds is 4. The summed E-state index contributed by atoms with van der Waals surface area (Å²) in [5.74, 6) is -0.0251. The van der Waals surface area contributed by atoms with Crippen molar-refractivity contribution in [2.45, 2.75) is 38.1 Å². The average Bonchev–Trinajstić information content (AvgIpc) is 2.89. The lowest BCUT2D eigenvalue weighted by atomic mass is 9.95. The van der Waals surface area contributed by atoms with Crippen molar-refractivity contribution in [3.05, 3.63) is 29.3 Å². The van der Waals surface area contributed by atoms with Crippen LogP contribution >= 0.6 is 0 Å². The molecule has 0 aromatic heterocycles. The highest BCUT2D eigenvalue weighted by Gasteiger charge is 2.36. The van der Waals surface area contributed by atoms with Gasteiger partial charge in [-0.2, -0.15) is 0 Å². The molecule has 20 heavy (non-hydrogen) atoms. The second-order valence-corrected chi connectivity index (χ2v) is 6.08. The maximum absolute atomic E-state index is 12.4. The van der Waals surface area contributed by atoms with E-state index in [9.17, 15) is 4.79 Å². The van der Waals surface area contributed by atoms with Crippen LogP contribution in [0, 0.1) is 6.92 Å². The minimum Gasteiger partial charge on any atom is -0.399 e. The molecule has 4 nitrogen and oxygen atoms in total. The molecule has 1 aliphatic rings. The summed E-state index contributed by atoms with van der Waals surface area (Å²) in [7, 11) is 4.20. The van der Waals surface area contributed by atoms with Crippen LogP contribution in [-0.2, 0) is 0 Å². The summed E-state index contributed by atoms with van der Waals surface area (Å²) in [5, 5.41) is 3.09. The molecule has 4 heteroatoms. The maximum Gasteiger partial charge on any atom is 0.251 e. The summed E-state index contributed by atoms with van der Waals surface area (Å²) in [5.41, 5.74) is 8.15. The molecule has 0 unspecified atom stereocenters. The maximum atomic E-state index is 12.4. The third-order valence-electron chi connectivity index (χ3n) is 4.57. The topological polar surface area (TPSA) is 58.4 Å². The van der Waals surface area contributed by atoms with Gasteiger partial charge in [-0.05, 0) is 51.6 Å². The third-order valence-corrected chi connectivity index (χ3v) is 4.57. The molecule has 1 aromatic carbocycles. The molecular formula is C16H25N3O. The van der Waals surface area contributed by atoms with Crippen LogP contribution in [-0.4, -0.2) is 37.0 Å². The van der Waals surface area contributed by atoms with Crippen LogP contribution in [0.25, 0.3) is 0 Å². The number of benzene rings is 1. The van der Waals surface area contributed by atoms with Crippen molar-refractivity contribution in [3.63, 3.8) is 0 Å². The quantitative estimate of drug-likeness (QED) is 0.828. The third kappa shape index (κ3) is 2.96. The number of hydrogen-bond acceptors (Lipinski definition) is 3. The minimum absolute atomic E-state index is 0.0251. The molecular weight excluding hydrogens is 250 g/mol. The SMILES string of the molecule is Cc1ccc(N)cc1C(=O)NCC1(N(C)C)CCCC1. The highest BCUT2D eigenvalue weighted by Crippen LogP contribution is 2.33. The summed E-state index contributed by atoms with van der Waals surface area (Å²) < 4.78 is 0. The lowest BCUT2D eigenvalue weighted by Gasteiger charge is -2.36. The van der Waals surface area contributed by atoms with Crippen molar-refractivity contribution in [1.82, 2.24) is 10.2 Å². The van der Waals surface area contributed by atoms with E-state index in [-0.39, 0.29) is 11.4 Å². The van der Waals surface area contributed by atoms with Crippen molar-refractivity contribution >= 4 is 11.6 Å². The smallest absolute Gasteiger partial charge is 0.251 e. The second kappa shape index (κ2) is 5.83. The molecule has 1 aliphatic carbocycles. The van der Waals surface area contributed by atoms with Gasteiger partial charge in [0.25, 0.3) is 5.91 Å². The molecule has 0 spiro atoms. The zero-order valence-corrected chi connectivity index (χ0v) is 12.7. The summed E-state index contributed by atoms with van der Waals surface area (Å²) >= 11 is 0. The van der Waals surface area contributed by atoms with E-state index in [1.165, 1.54) is 12.8 Å². The van der Waals surface area contributed by atoms with Gasteiger partial charge in [-0.1, -0.05) is 18.9 Å². The number of anilines is 1. The molecule has 1 aromatic rings. The predicted octanol–water partition coefficient (Wildman–Crippen LogP) is 2.18. The van der Waals surface area contributed by atoms with Crippen LogP contribution in [0.3, 0.4) is 0 Å². The lowest BCUT2D eigenvalue weighted by molar-refractivity contribution is 0.0899. The number of hydrogen-bond donors (Lipinski definition) is 2. The van der Waals surface area contributed by atoms with Crippen LogP contribution in [0.2, 0.25) is 0 Å². The van der Waals surface area contributed by atoms with Crippen LogP contribution < -0.4 is 11.1 Å². The number of amides is 1. The van der Waals surface area contributed by atoms with Crippen LogP contribution in [0.4, 0.5) is 5.69 Å². The molecule has 0 aliphatic heterocycles. The predicted molar refractivity (Wildman–Crippen MR) is 82.8 cm³/mol. The zero-order valence-electron chi connectivity index (χ0n) is 12.7. The number of nitrogen functional groups attached to an aromatic ring is 1. The molecule has 110 valence electrons. The summed E-state index contributed by atoms with van der Waals surface area (Å²) in [6.07, 6.45) is 4.78. The normalized spacial score (nSPS) is 17.4. The first kappa shape index (κ1) is 14.9. The number of aryl methyl sites for hydroxylation is 1. The largest absolute Gasteiger partial charge is 0.399 e. The van der Waals surface area contributed by atoms with Crippen molar-refractivity contribution in [1.29, 1.82) is 0 Å². The highest BCUT2D eigenvalue weighted by molar-refractivity contribution is 5.96. The van der Waals surface area contributed by atoms with E-state index < -0.39 is 0 Å². The van der Waals surface area contributed by atoms with Gasteiger partial charge in [0.15, 0.2) is 0 Å². The number of nitrogens with one attached hydrogen (secondary N) is 1. The van der Waals surface area contributed by atoms with Crippen LogP contribution in [0.15, 0.2) is 18.2 Å². The fourth-order valence-electron chi connectivity index (χ4n) is 3.04. The minimum atomic E-state index is -0.0251. The molecule has 0 atom stereocenters. The zero-order chi connectivity index (χ0) is 14.8. The van der Waals surface area contributed by atoms with E-state index in [4.69, 9.17) is 5.73 Å². The standard InChI is InChI=1S/C16H25N3O/c1-12-6-7-13(17)10-14(12)15(20)18-11-16(19(2)3)8-4-5-9-16/h6-7,10H,4-5,8-9,11,17H2,1-3H3,(H,18,20). The van der Waals surface area contributed by atoms with Gasteiger partial charge in [0.1, 0.15) is 0 Å². The van der Waals surface area contributed by atoms with E-state index in [0.717, 1.165) is 18.4 Å². The van der Waals surface area contributed by atoms with Crippen LogP contribution in [0.1, 0.15) is 41.6 Å². The Bertz CT molecular complexity index is 490. The molecule has 0 radical (unpaired) electrons. The lowest BCUT2D eigenvalue weighted by Crippen LogP contribution is -2.50. The molecule has 1 amide bonds. The molecule has 0 heterocycles. The summed E-state index contributed by atoms with van der Waals surface area (Å²) in [4.78, 5) is 14.6.